The molecule has 1 unspecified atom stereocenters. The number of nitriles is 1. The molecule has 1 atom stereocenters. The van der Waals surface area contributed by atoms with Crippen LogP contribution in [0.25, 0.3) is 0 Å². The van der Waals surface area contributed by atoms with Crippen LogP contribution in [0.4, 0.5) is 0 Å². The second-order valence-electron chi connectivity index (χ2n) is 6.24. The molecule has 1 aromatic rings. The first-order valence-electron chi connectivity index (χ1n) is 7.78. The van der Waals surface area contributed by atoms with Gasteiger partial charge < -0.3 is 5.32 Å². The Morgan fingerprint density at radius 3 is 2.55 bits per heavy atom. The smallest absolute Gasteiger partial charge is 0.0991 e. The highest BCUT2D eigenvalue weighted by atomic mass is 15.2. The van der Waals surface area contributed by atoms with E-state index in [1.807, 2.05) is 12.1 Å². The van der Waals surface area contributed by atoms with Gasteiger partial charge in [-0.05, 0) is 55.8 Å². The molecule has 20 heavy (non-hydrogen) atoms. The zero-order valence-electron chi connectivity index (χ0n) is 12.0. The summed E-state index contributed by atoms with van der Waals surface area (Å²) in [6, 6.07) is 10.9. The molecular weight excluding hydrogens is 246 g/mol. The molecule has 1 N–H and O–H groups in total. The molecule has 3 nitrogen and oxygen atoms in total. The van der Waals surface area contributed by atoms with Crippen molar-refractivity contribution in [2.75, 3.05) is 19.6 Å². The van der Waals surface area contributed by atoms with E-state index in [4.69, 9.17) is 5.26 Å². The topological polar surface area (TPSA) is 39.1 Å². The highest BCUT2D eigenvalue weighted by Crippen LogP contribution is 2.30. The van der Waals surface area contributed by atoms with Gasteiger partial charge in [0.15, 0.2) is 0 Å². The van der Waals surface area contributed by atoms with E-state index >= 15 is 0 Å². The van der Waals surface area contributed by atoms with Gasteiger partial charge in [0.25, 0.3) is 0 Å². The summed E-state index contributed by atoms with van der Waals surface area (Å²) in [7, 11) is 0. The lowest BCUT2D eigenvalue weighted by Gasteiger charge is -2.25. The average Bonchev–Trinajstić information content (AvgIpc) is 3.13. The van der Waals surface area contributed by atoms with Crippen LogP contribution in [0.15, 0.2) is 24.3 Å². The van der Waals surface area contributed by atoms with Gasteiger partial charge in [0.2, 0.25) is 0 Å². The van der Waals surface area contributed by atoms with Crippen LogP contribution < -0.4 is 5.32 Å². The molecule has 2 aliphatic rings. The van der Waals surface area contributed by atoms with E-state index in [0.29, 0.717) is 6.04 Å². The summed E-state index contributed by atoms with van der Waals surface area (Å²) in [5.41, 5.74) is 2.07. The van der Waals surface area contributed by atoms with Crippen molar-refractivity contribution < 1.29 is 0 Å². The molecule has 1 heterocycles. The fraction of sp³-hybridized carbons (Fsp3) is 0.588. The summed E-state index contributed by atoms with van der Waals surface area (Å²) in [6.45, 7) is 4.59. The van der Waals surface area contributed by atoms with E-state index < -0.39 is 0 Å². The molecule has 0 radical (unpaired) electrons. The van der Waals surface area contributed by atoms with Gasteiger partial charge >= 0.3 is 0 Å². The standard InChI is InChI=1S/C17H23N3/c18-10-14-3-5-15(6-4-14)11-20(12-16-7-8-16)13-17-2-1-9-19-17/h3-6,16-17,19H,1-2,7-9,11-13H2. The molecule has 1 saturated heterocycles. The Balaban J connectivity index is 1.59. The van der Waals surface area contributed by atoms with Crippen molar-refractivity contribution in [1.29, 1.82) is 5.26 Å². The molecule has 0 aromatic heterocycles. The van der Waals surface area contributed by atoms with Crippen LogP contribution in [0.5, 0.6) is 0 Å². The third-order valence-corrected chi connectivity index (χ3v) is 4.34. The van der Waals surface area contributed by atoms with Gasteiger partial charge in [-0.2, -0.15) is 5.26 Å². The molecule has 2 fully saturated rings. The molecule has 1 saturated carbocycles. The van der Waals surface area contributed by atoms with Gasteiger partial charge in [0.1, 0.15) is 0 Å². The second-order valence-corrected chi connectivity index (χ2v) is 6.24. The summed E-state index contributed by atoms with van der Waals surface area (Å²) in [6.07, 6.45) is 5.44. The van der Waals surface area contributed by atoms with Crippen molar-refractivity contribution in [1.82, 2.24) is 10.2 Å². The zero-order valence-corrected chi connectivity index (χ0v) is 12.0. The molecule has 0 spiro atoms. The highest BCUT2D eigenvalue weighted by molar-refractivity contribution is 5.31. The van der Waals surface area contributed by atoms with Crippen molar-refractivity contribution in [3.05, 3.63) is 35.4 Å². The Bertz CT molecular complexity index is 464. The number of hydrogen-bond acceptors (Lipinski definition) is 3. The molecule has 0 amide bonds. The summed E-state index contributed by atoms with van der Waals surface area (Å²) < 4.78 is 0. The van der Waals surface area contributed by atoms with Crippen molar-refractivity contribution >= 4 is 0 Å². The molecule has 0 bridgehead atoms. The minimum atomic E-state index is 0.673. The summed E-state index contributed by atoms with van der Waals surface area (Å²) in [4.78, 5) is 2.60. The monoisotopic (exact) mass is 269 g/mol. The number of rotatable bonds is 6. The Labute approximate surface area is 121 Å². The summed E-state index contributed by atoms with van der Waals surface area (Å²) in [5, 5.41) is 12.5. The van der Waals surface area contributed by atoms with E-state index in [1.54, 1.807) is 0 Å². The molecular formula is C17H23N3. The van der Waals surface area contributed by atoms with Crippen LogP contribution in [0.3, 0.4) is 0 Å². The van der Waals surface area contributed by atoms with Crippen molar-refractivity contribution in [3.8, 4) is 6.07 Å². The Morgan fingerprint density at radius 1 is 1.15 bits per heavy atom. The van der Waals surface area contributed by atoms with E-state index in [9.17, 15) is 0 Å². The third kappa shape index (κ3) is 3.82. The normalized spacial score (nSPS) is 22.1. The number of nitrogens with zero attached hydrogens (tertiary/aromatic N) is 2. The maximum Gasteiger partial charge on any atom is 0.0991 e. The average molecular weight is 269 g/mol. The maximum absolute atomic E-state index is 8.86. The van der Waals surface area contributed by atoms with Crippen molar-refractivity contribution in [2.45, 2.75) is 38.3 Å². The fourth-order valence-corrected chi connectivity index (χ4v) is 3.04. The first kappa shape index (κ1) is 13.6. The lowest BCUT2D eigenvalue weighted by atomic mass is 10.1. The largest absolute Gasteiger partial charge is 0.313 e. The molecule has 1 aliphatic carbocycles. The number of nitrogens with one attached hydrogen (secondary N) is 1. The molecule has 1 aromatic carbocycles. The van der Waals surface area contributed by atoms with E-state index in [0.717, 1.165) is 24.6 Å². The minimum absolute atomic E-state index is 0.673. The van der Waals surface area contributed by atoms with Crippen LogP contribution in [-0.2, 0) is 6.54 Å². The van der Waals surface area contributed by atoms with Crippen molar-refractivity contribution in [2.24, 2.45) is 5.92 Å². The Hall–Kier alpha value is -1.37. The second kappa shape index (κ2) is 6.39. The van der Waals surface area contributed by atoms with E-state index in [-0.39, 0.29) is 0 Å². The van der Waals surface area contributed by atoms with Crippen LogP contribution >= 0.6 is 0 Å². The fourth-order valence-electron chi connectivity index (χ4n) is 3.04. The zero-order chi connectivity index (χ0) is 13.8. The lowest BCUT2D eigenvalue weighted by molar-refractivity contribution is 0.232. The first-order valence-corrected chi connectivity index (χ1v) is 7.78. The van der Waals surface area contributed by atoms with Crippen LogP contribution in [0, 0.1) is 17.2 Å². The molecule has 106 valence electrons. The molecule has 1 aliphatic heterocycles. The van der Waals surface area contributed by atoms with E-state index in [1.165, 1.54) is 44.3 Å². The summed E-state index contributed by atoms with van der Waals surface area (Å²) >= 11 is 0. The lowest BCUT2D eigenvalue weighted by Crippen LogP contribution is -2.38. The van der Waals surface area contributed by atoms with Crippen LogP contribution in [-0.4, -0.2) is 30.6 Å². The predicted molar refractivity (Wildman–Crippen MR) is 80.2 cm³/mol. The highest BCUT2D eigenvalue weighted by Gasteiger charge is 2.26. The van der Waals surface area contributed by atoms with Gasteiger partial charge in [-0.15, -0.1) is 0 Å². The van der Waals surface area contributed by atoms with Crippen molar-refractivity contribution in [3.63, 3.8) is 0 Å². The van der Waals surface area contributed by atoms with Crippen LogP contribution in [0.2, 0.25) is 0 Å². The van der Waals surface area contributed by atoms with Gasteiger partial charge in [-0.1, -0.05) is 12.1 Å². The molecule has 3 rings (SSSR count). The minimum Gasteiger partial charge on any atom is -0.313 e. The molecule has 3 heteroatoms. The third-order valence-electron chi connectivity index (χ3n) is 4.34. The predicted octanol–water partition coefficient (Wildman–Crippen LogP) is 2.52. The number of benzene rings is 1. The van der Waals surface area contributed by atoms with Gasteiger partial charge in [-0.25, -0.2) is 0 Å². The Kier molecular flexibility index (Phi) is 4.34. The maximum atomic E-state index is 8.86. The first-order chi connectivity index (χ1) is 9.83. The van der Waals surface area contributed by atoms with Gasteiger partial charge in [0, 0.05) is 25.7 Å². The Morgan fingerprint density at radius 2 is 1.95 bits per heavy atom. The van der Waals surface area contributed by atoms with Gasteiger partial charge in [-0.3, -0.25) is 4.90 Å². The summed E-state index contributed by atoms with van der Waals surface area (Å²) in [5.74, 6) is 0.926. The van der Waals surface area contributed by atoms with E-state index in [2.05, 4.69) is 28.4 Å². The van der Waals surface area contributed by atoms with Crippen LogP contribution in [0.1, 0.15) is 36.8 Å². The van der Waals surface area contributed by atoms with Gasteiger partial charge in [0.05, 0.1) is 11.6 Å². The SMILES string of the molecule is N#Cc1ccc(CN(CC2CC2)CC2CCCN2)cc1. The number of hydrogen-bond donors (Lipinski definition) is 1. The quantitative estimate of drug-likeness (QED) is 0.862.